The molecule has 17 heavy (non-hydrogen) atoms. The van der Waals surface area contributed by atoms with E-state index in [9.17, 15) is 9.90 Å². The normalized spacial score (nSPS) is 11.0. The topological polar surface area (TPSA) is 40.5 Å². The number of hydrogen-bond acceptors (Lipinski definition) is 2. The Bertz CT molecular complexity index is 408. The van der Waals surface area contributed by atoms with Crippen LogP contribution in [0.15, 0.2) is 22.7 Å². The summed E-state index contributed by atoms with van der Waals surface area (Å²) in [5.74, 6) is 0.0288. The molecule has 1 aromatic rings. The number of phenols is 1. The molecule has 1 rings (SSSR count). The molecule has 0 aromatic heterocycles. The third kappa shape index (κ3) is 3.22. The summed E-state index contributed by atoms with van der Waals surface area (Å²) in [6.45, 7) is 7.93. The molecule has 0 aliphatic carbocycles. The van der Waals surface area contributed by atoms with Gasteiger partial charge in [0.25, 0.3) is 5.91 Å². The number of halogens is 1. The second kappa shape index (κ2) is 5.54. The minimum atomic E-state index is -0.0576. The van der Waals surface area contributed by atoms with Crippen molar-refractivity contribution in [3.63, 3.8) is 0 Å². The predicted molar refractivity (Wildman–Crippen MR) is 72.2 cm³/mol. The summed E-state index contributed by atoms with van der Waals surface area (Å²) in [5.41, 5.74) is 0.508. The van der Waals surface area contributed by atoms with E-state index >= 15 is 0 Å². The maximum Gasteiger partial charge on any atom is 0.254 e. The standard InChI is InChI=1S/C13H18BrNO2/c1-8(2)15(9(3)4)13(17)10-5-6-11(14)12(16)7-10/h5-9,16H,1-4H3. The zero-order valence-electron chi connectivity index (χ0n) is 10.6. The van der Waals surface area contributed by atoms with E-state index in [-0.39, 0.29) is 23.7 Å². The van der Waals surface area contributed by atoms with E-state index in [1.165, 1.54) is 6.07 Å². The third-order valence-electron chi connectivity index (χ3n) is 2.54. The summed E-state index contributed by atoms with van der Waals surface area (Å²) in [4.78, 5) is 14.1. The van der Waals surface area contributed by atoms with Crippen molar-refractivity contribution in [2.45, 2.75) is 39.8 Å². The zero-order valence-corrected chi connectivity index (χ0v) is 12.2. The van der Waals surface area contributed by atoms with Crippen LogP contribution in [-0.2, 0) is 0 Å². The Morgan fingerprint density at radius 2 is 1.76 bits per heavy atom. The van der Waals surface area contributed by atoms with Crippen molar-refractivity contribution in [3.8, 4) is 5.75 Å². The molecule has 0 unspecified atom stereocenters. The first kappa shape index (κ1) is 14.0. The van der Waals surface area contributed by atoms with Gasteiger partial charge in [-0.3, -0.25) is 4.79 Å². The summed E-state index contributed by atoms with van der Waals surface area (Å²) in [5, 5.41) is 9.59. The Balaban J connectivity index is 3.06. The van der Waals surface area contributed by atoms with Crippen molar-refractivity contribution in [1.82, 2.24) is 4.90 Å². The molecule has 3 nitrogen and oxygen atoms in total. The molecule has 0 heterocycles. The molecule has 4 heteroatoms. The van der Waals surface area contributed by atoms with Crippen molar-refractivity contribution >= 4 is 21.8 Å². The zero-order chi connectivity index (χ0) is 13.2. The van der Waals surface area contributed by atoms with Crippen LogP contribution in [0.3, 0.4) is 0 Å². The van der Waals surface area contributed by atoms with Gasteiger partial charge in [0.1, 0.15) is 5.75 Å². The first-order chi connectivity index (χ1) is 7.84. The van der Waals surface area contributed by atoms with Crippen molar-refractivity contribution in [2.24, 2.45) is 0 Å². The Morgan fingerprint density at radius 3 is 2.18 bits per heavy atom. The summed E-state index contributed by atoms with van der Waals surface area (Å²) in [7, 11) is 0. The SMILES string of the molecule is CC(C)N(C(=O)c1ccc(Br)c(O)c1)C(C)C. The van der Waals surface area contributed by atoms with Crippen LogP contribution < -0.4 is 0 Å². The lowest BCUT2D eigenvalue weighted by atomic mass is 10.1. The molecule has 1 amide bonds. The van der Waals surface area contributed by atoms with Crippen LogP contribution in [-0.4, -0.2) is 28.0 Å². The largest absolute Gasteiger partial charge is 0.507 e. The smallest absolute Gasteiger partial charge is 0.254 e. The van der Waals surface area contributed by atoms with Gasteiger partial charge >= 0.3 is 0 Å². The second-order valence-electron chi connectivity index (χ2n) is 4.57. The summed E-state index contributed by atoms with van der Waals surface area (Å²) < 4.78 is 0.592. The molecular weight excluding hydrogens is 282 g/mol. The molecule has 0 fully saturated rings. The average molecular weight is 300 g/mol. The Hall–Kier alpha value is -1.03. The number of benzene rings is 1. The maximum atomic E-state index is 12.3. The van der Waals surface area contributed by atoms with E-state index in [0.29, 0.717) is 10.0 Å². The minimum absolute atomic E-state index is 0.0576. The van der Waals surface area contributed by atoms with E-state index in [0.717, 1.165) is 0 Å². The first-order valence-corrected chi connectivity index (χ1v) is 6.45. The first-order valence-electron chi connectivity index (χ1n) is 5.65. The van der Waals surface area contributed by atoms with Gasteiger partial charge in [0.2, 0.25) is 0 Å². The highest BCUT2D eigenvalue weighted by Gasteiger charge is 2.21. The van der Waals surface area contributed by atoms with Crippen molar-refractivity contribution < 1.29 is 9.90 Å². The Labute approximate surface area is 111 Å². The lowest BCUT2D eigenvalue weighted by Crippen LogP contribution is -2.42. The van der Waals surface area contributed by atoms with Crippen LogP contribution in [0.1, 0.15) is 38.1 Å². The molecule has 0 radical (unpaired) electrons. The van der Waals surface area contributed by atoms with Crippen molar-refractivity contribution in [1.29, 1.82) is 0 Å². The molecule has 0 saturated carbocycles. The minimum Gasteiger partial charge on any atom is -0.507 e. The third-order valence-corrected chi connectivity index (χ3v) is 3.21. The van der Waals surface area contributed by atoms with Gasteiger partial charge < -0.3 is 10.0 Å². The monoisotopic (exact) mass is 299 g/mol. The number of phenolic OH excluding ortho intramolecular Hbond substituents is 1. The van der Waals surface area contributed by atoms with E-state index in [1.54, 1.807) is 17.0 Å². The number of carbonyl (C=O) groups excluding carboxylic acids is 1. The predicted octanol–water partition coefficient (Wildman–Crippen LogP) is 3.41. The Morgan fingerprint density at radius 1 is 1.24 bits per heavy atom. The number of nitrogens with zero attached hydrogens (tertiary/aromatic N) is 1. The van der Waals surface area contributed by atoms with Gasteiger partial charge in [0, 0.05) is 17.6 Å². The number of amides is 1. The van der Waals surface area contributed by atoms with Gasteiger partial charge in [-0.15, -0.1) is 0 Å². The number of aromatic hydroxyl groups is 1. The lowest BCUT2D eigenvalue weighted by Gasteiger charge is -2.30. The second-order valence-corrected chi connectivity index (χ2v) is 5.42. The van der Waals surface area contributed by atoms with Crippen LogP contribution in [0.4, 0.5) is 0 Å². The summed E-state index contributed by atoms with van der Waals surface area (Å²) >= 11 is 3.20. The van der Waals surface area contributed by atoms with Gasteiger partial charge in [0.05, 0.1) is 4.47 Å². The van der Waals surface area contributed by atoms with Gasteiger partial charge in [-0.25, -0.2) is 0 Å². The van der Waals surface area contributed by atoms with E-state index in [1.807, 2.05) is 27.7 Å². The number of rotatable bonds is 3. The quantitative estimate of drug-likeness (QED) is 0.929. The fourth-order valence-corrected chi connectivity index (χ4v) is 2.11. The maximum absolute atomic E-state index is 12.3. The summed E-state index contributed by atoms with van der Waals surface area (Å²) in [6.07, 6.45) is 0. The van der Waals surface area contributed by atoms with Gasteiger partial charge in [-0.05, 0) is 61.8 Å². The highest BCUT2D eigenvalue weighted by Crippen LogP contribution is 2.25. The molecule has 0 aliphatic heterocycles. The molecule has 94 valence electrons. The highest BCUT2D eigenvalue weighted by molar-refractivity contribution is 9.10. The van der Waals surface area contributed by atoms with Crippen LogP contribution in [0.25, 0.3) is 0 Å². The number of carbonyl (C=O) groups is 1. The van der Waals surface area contributed by atoms with Crippen molar-refractivity contribution in [2.75, 3.05) is 0 Å². The van der Waals surface area contributed by atoms with Gasteiger partial charge in [-0.1, -0.05) is 0 Å². The fraction of sp³-hybridized carbons (Fsp3) is 0.462. The number of hydrogen-bond donors (Lipinski definition) is 1. The molecule has 0 saturated heterocycles. The van der Waals surface area contributed by atoms with E-state index in [2.05, 4.69) is 15.9 Å². The van der Waals surface area contributed by atoms with E-state index < -0.39 is 0 Å². The molecule has 0 atom stereocenters. The van der Waals surface area contributed by atoms with Crippen LogP contribution >= 0.6 is 15.9 Å². The molecule has 0 bridgehead atoms. The average Bonchev–Trinajstić information content (AvgIpc) is 2.20. The van der Waals surface area contributed by atoms with E-state index in [4.69, 9.17) is 0 Å². The van der Waals surface area contributed by atoms with Gasteiger partial charge in [-0.2, -0.15) is 0 Å². The molecule has 1 aromatic carbocycles. The molecule has 1 N–H and O–H groups in total. The van der Waals surface area contributed by atoms with Crippen molar-refractivity contribution in [3.05, 3.63) is 28.2 Å². The van der Waals surface area contributed by atoms with Crippen LogP contribution in [0, 0.1) is 0 Å². The molecular formula is C13H18BrNO2. The highest BCUT2D eigenvalue weighted by atomic mass is 79.9. The summed E-state index contributed by atoms with van der Waals surface area (Å²) in [6, 6.07) is 5.15. The molecule has 0 aliphatic rings. The van der Waals surface area contributed by atoms with Crippen LogP contribution in [0.5, 0.6) is 5.75 Å². The fourth-order valence-electron chi connectivity index (χ4n) is 1.86. The lowest BCUT2D eigenvalue weighted by molar-refractivity contribution is 0.0643. The van der Waals surface area contributed by atoms with Crippen LogP contribution in [0.2, 0.25) is 0 Å². The van der Waals surface area contributed by atoms with Gasteiger partial charge in [0.15, 0.2) is 0 Å². The Kier molecular flexibility index (Phi) is 4.57. The molecule has 0 spiro atoms.